The van der Waals surface area contributed by atoms with E-state index in [1.54, 1.807) is 0 Å². The summed E-state index contributed by atoms with van der Waals surface area (Å²) in [5, 5.41) is 0.916. The smallest absolute Gasteiger partial charge is 0.0367 e. The zero-order valence-corrected chi connectivity index (χ0v) is 10.7. The minimum absolute atomic E-state index is 0.916. The van der Waals surface area contributed by atoms with Crippen LogP contribution in [-0.4, -0.2) is 18.3 Å². The highest BCUT2D eigenvalue weighted by atomic mass is 32.2. The van der Waals surface area contributed by atoms with Crippen molar-refractivity contribution in [1.29, 1.82) is 0 Å². The predicted octanol–water partition coefficient (Wildman–Crippen LogP) is 3.79. The third kappa shape index (κ3) is 2.22. The number of benzene rings is 1. The van der Waals surface area contributed by atoms with Gasteiger partial charge in [-0.3, -0.25) is 0 Å². The quantitative estimate of drug-likeness (QED) is 0.778. The van der Waals surface area contributed by atoms with Gasteiger partial charge >= 0.3 is 0 Å². The highest BCUT2D eigenvalue weighted by Gasteiger charge is 2.25. The van der Waals surface area contributed by atoms with Crippen LogP contribution in [-0.2, 0) is 0 Å². The van der Waals surface area contributed by atoms with Crippen LogP contribution < -0.4 is 4.90 Å². The van der Waals surface area contributed by atoms with Crippen molar-refractivity contribution in [3.8, 4) is 0 Å². The van der Waals surface area contributed by atoms with E-state index in [1.165, 1.54) is 42.9 Å². The highest BCUT2D eigenvalue weighted by molar-refractivity contribution is 8.00. The van der Waals surface area contributed by atoms with Gasteiger partial charge in [-0.15, -0.1) is 11.8 Å². The summed E-state index contributed by atoms with van der Waals surface area (Å²) in [6, 6.07) is 9.16. The molecule has 0 spiro atoms. The van der Waals surface area contributed by atoms with Gasteiger partial charge < -0.3 is 4.90 Å². The molecule has 16 heavy (non-hydrogen) atoms. The van der Waals surface area contributed by atoms with Crippen molar-refractivity contribution in [2.45, 2.75) is 36.3 Å². The third-order valence-electron chi connectivity index (χ3n) is 3.56. The van der Waals surface area contributed by atoms with Crippen molar-refractivity contribution in [2.24, 2.45) is 5.92 Å². The molecule has 1 nitrogen and oxygen atoms in total. The molecule has 1 aliphatic heterocycles. The normalized spacial score (nSPS) is 20.9. The van der Waals surface area contributed by atoms with Crippen LogP contribution in [0.1, 0.15) is 26.2 Å². The van der Waals surface area contributed by atoms with Crippen LogP contribution in [0.15, 0.2) is 29.2 Å². The van der Waals surface area contributed by atoms with E-state index >= 15 is 0 Å². The third-order valence-corrected chi connectivity index (χ3v) is 4.91. The Morgan fingerprint density at radius 3 is 2.44 bits per heavy atom. The summed E-state index contributed by atoms with van der Waals surface area (Å²) >= 11 is 2.04. The molecule has 1 aromatic carbocycles. The first-order valence-corrected chi connectivity index (χ1v) is 7.25. The number of hydrogen-bond donors (Lipinski definition) is 0. The largest absolute Gasteiger partial charge is 0.371 e. The molecule has 0 N–H and O–H groups in total. The molecule has 0 aromatic heterocycles. The van der Waals surface area contributed by atoms with E-state index in [4.69, 9.17) is 0 Å². The number of nitrogens with zero attached hydrogens (tertiary/aromatic N) is 1. The molecule has 86 valence electrons. The van der Waals surface area contributed by atoms with Crippen molar-refractivity contribution in [1.82, 2.24) is 0 Å². The maximum absolute atomic E-state index is 2.49. The molecular weight excluding hydrogens is 214 g/mol. The van der Waals surface area contributed by atoms with Gasteiger partial charge in [-0.05, 0) is 49.4 Å². The molecule has 1 saturated carbocycles. The molecule has 0 atom stereocenters. The van der Waals surface area contributed by atoms with Crippen molar-refractivity contribution >= 4 is 17.4 Å². The molecule has 0 unspecified atom stereocenters. The van der Waals surface area contributed by atoms with Crippen LogP contribution in [0.5, 0.6) is 0 Å². The molecule has 1 heterocycles. The Balaban J connectivity index is 1.59. The van der Waals surface area contributed by atoms with E-state index in [2.05, 4.69) is 36.1 Å². The van der Waals surface area contributed by atoms with Gasteiger partial charge in [0.2, 0.25) is 0 Å². The fourth-order valence-electron chi connectivity index (χ4n) is 2.15. The first kappa shape index (κ1) is 10.5. The average Bonchev–Trinajstić information content (AvgIpc) is 3.03. The summed E-state index contributed by atoms with van der Waals surface area (Å²) in [4.78, 5) is 3.93. The van der Waals surface area contributed by atoms with Crippen molar-refractivity contribution < 1.29 is 0 Å². The first-order chi connectivity index (χ1) is 7.85. The van der Waals surface area contributed by atoms with Crippen LogP contribution >= 0.6 is 11.8 Å². The first-order valence-electron chi connectivity index (χ1n) is 6.37. The second-order valence-corrected chi connectivity index (χ2v) is 6.36. The predicted molar refractivity (Wildman–Crippen MR) is 71.3 cm³/mol. The monoisotopic (exact) mass is 233 g/mol. The SMILES string of the molecule is CCC1CN(c2ccc(SC3CC3)cc2)C1. The van der Waals surface area contributed by atoms with Gasteiger partial charge in [0.1, 0.15) is 0 Å². The van der Waals surface area contributed by atoms with Gasteiger partial charge in [-0.25, -0.2) is 0 Å². The zero-order chi connectivity index (χ0) is 11.0. The number of thioether (sulfide) groups is 1. The number of hydrogen-bond acceptors (Lipinski definition) is 2. The standard InChI is InChI=1S/C14H19NS/c1-2-11-9-15(10-11)12-3-5-13(6-4-12)16-14-7-8-14/h3-6,11,14H,2,7-10H2,1H3. The van der Waals surface area contributed by atoms with Gasteiger partial charge in [0.25, 0.3) is 0 Å². The van der Waals surface area contributed by atoms with Crippen molar-refractivity contribution in [2.75, 3.05) is 18.0 Å². The Labute approximate surface area is 102 Å². The summed E-state index contributed by atoms with van der Waals surface area (Å²) < 4.78 is 0. The van der Waals surface area contributed by atoms with E-state index in [1.807, 2.05) is 11.8 Å². The molecular formula is C14H19NS. The lowest BCUT2D eigenvalue weighted by Gasteiger charge is -2.40. The molecule has 0 bridgehead atoms. The van der Waals surface area contributed by atoms with Gasteiger partial charge in [0.15, 0.2) is 0 Å². The maximum atomic E-state index is 2.49. The summed E-state index contributed by atoms with van der Waals surface area (Å²) in [5.41, 5.74) is 1.41. The molecule has 1 saturated heterocycles. The van der Waals surface area contributed by atoms with E-state index in [0.29, 0.717) is 0 Å². The van der Waals surface area contributed by atoms with Crippen LogP contribution in [0.25, 0.3) is 0 Å². The van der Waals surface area contributed by atoms with Crippen molar-refractivity contribution in [3.63, 3.8) is 0 Å². The Kier molecular flexibility index (Phi) is 2.84. The topological polar surface area (TPSA) is 3.24 Å². The Morgan fingerprint density at radius 1 is 1.19 bits per heavy atom. The van der Waals surface area contributed by atoms with Gasteiger partial charge in [-0.1, -0.05) is 6.92 Å². The lowest BCUT2D eigenvalue weighted by Crippen LogP contribution is -2.46. The molecule has 1 aromatic rings. The zero-order valence-electron chi connectivity index (χ0n) is 9.86. The van der Waals surface area contributed by atoms with Crippen LogP contribution in [0.3, 0.4) is 0 Å². The summed E-state index contributed by atoms with van der Waals surface area (Å²) in [6.45, 7) is 4.80. The lowest BCUT2D eigenvalue weighted by molar-refractivity contribution is 0.399. The summed E-state index contributed by atoms with van der Waals surface area (Å²) in [6.07, 6.45) is 4.15. The second kappa shape index (κ2) is 4.33. The summed E-state index contributed by atoms with van der Waals surface area (Å²) in [7, 11) is 0. The van der Waals surface area contributed by atoms with Crippen LogP contribution in [0.4, 0.5) is 5.69 Å². The van der Waals surface area contributed by atoms with Crippen LogP contribution in [0, 0.1) is 5.92 Å². The molecule has 1 aliphatic carbocycles. The molecule has 0 radical (unpaired) electrons. The number of rotatable bonds is 4. The number of anilines is 1. The Morgan fingerprint density at radius 2 is 1.88 bits per heavy atom. The van der Waals surface area contributed by atoms with E-state index in [-0.39, 0.29) is 0 Å². The maximum Gasteiger partial charge on any atom is 0.0367 e. The van der Waals surface area contributed by atoms with E-state index in [9.17, 15) is 0 Å². The molecule has 3 rings (SSSR count). The lowest BCUT2D eigenvalue weighted by atomic mass is 9.97. The second-order valence-electron chi connectivity index (χ2n) is 4.99. The molecule has 0 amide bonds. The van der Waals surface area contributed by atoms with Gasteiger partial charge in [0.05, 0.1) is 0 Å². The minimum atomic E-state index is 0.916. The fraction of sp³-hybridized carbons (Fsp3) is 0.571. The van der Waals surface area contributed by atoms with E-state index < -0.39 is 0 Å². The van der Waals surface area contributed by atoms with Crippen molar-refractivity contribution in [3.05, 3.63) is 24.3 Å². The van der Waals surface area contributed by atoms with Crippen LogP contribution in [0.2, 0.25) is 0 Å². The Bertz CT molecular complexity index is 350. The average molecular weight is 233 g/mol. The highest BCUT2D eigenvalue weighted by Crippen LogP contribution is 2.39. The van der Waals surface area contributed by atoms with E-state index in [0.717, 1.165) is 11.2 Å². The molecule has 2 heteroatoms. The molecule has 2 fully saturated rings. The van der Waals surface area contributed by atoms with Gasteiger partial charge in [0, 0.05) is 28.9 Å². The fourth-order valence-corrected chi connectivity index (χ4v) is 3.20. The minimum Gasteiger partial charge on any atom is -0.371 e. The summed E-state index contributed by atoms with van der Waals surface area (Å²) in [5.74, 6) is 0.931. The Hall–Kier alpha value is -0.630. The molecule has 2 aliphatic rings. The van der Waals surface area contributed by atoms with Gasteiger partial charge in [-0.2, -0.15) is 0 Å².